The van der Waals surface area contributed by atoms with Gasteiger partial charge in [0.15, 0.2) is 0 Å². The van der Waals surface area contributed by atoms with E-state index in [0.29, 0.717) is 25.7 Å². The van der Waals surface area contributed by atoms with Gasteiger partial charge < -0.3 is 45.2 Å². The van der Waals surface area contributed by atoms with Crippen molar-refractivity contribution in [3.63, 3.8) is 0 Å². The maximum Gasteiger partial charge on any atom is 0.315 e. The lowest BCUT2D eigenvalue weighted by Crippen LogP contribution is -2.68. The van der Waals surface area contributed by atoms with Crippen LogP contribution in [0.3, 0.4) is 0 Å². The summed E-state index contributed by atoms with van der Waals surface area (Å²) in [7, 11) is 0. The number of ether oxygens (including phenoxy) is 2. The highest BCUT2D eigenvalue weighted by Gasteiger charge is 2.71. The van der Waals surface area contributed by atoms with Crippen molar-refractivity contribution in [2.45, 2.75) is 129 Å². The summed E-state index contributed by atoms with van der Waals surface area (Å²) < 4.78 is 11.5. The molecule has 0 aromatic rings. The SMILES string of the molecule is C=C1CC[C@]2(C(=O)O[C@@H]3O[C@H](CO)[C@@H](O)[C@H](O)[C@H]3O)CC[C@]3(C)C(=CC[C@@H]4[C@@]5(C)C[C@@H](O)[C@H](O)[C@@](C)(CO)[C@@H]5CC[C@]43C)[C@@H]2[C@H]1C. The van der Waals surface area contributed by atoms with Crippen LogP contribution >= 0.6 is 0 Å². The van der Waals surface area contributed by atoms with Crippen molar-refractivity contribution in [1.29, 1.82) is 0 Å². The molecule has 1 aliphatic heterocycles. The van der Waals surface area contributed by atoms with Crippen LogP contribution in [0.2, 0.25) is 0 Å². The molecule has 0 bridgehead atoms. The smallest absolute Gasteiger partial charge is 0.315 e. The molecule has 0 spiro atoms. The number of aliphatic hydroxyl groups is 7. The Bertz CT molecular complexity index is 1270. The lowest BCUT2D eigenvalue weighted by molar-refractivity contribution is -0.297. The maximum atomic E-state index is 14.4. The van der Waals surface area contributed by atoms with E-state index in [2.05, 4.69) is 40.3 Å². The quantitative estimate of drug-likeness (QED) is 0.177. The molecule has 1 heterocycles. The average molecular weight is 649 g/mol. The molecule has 260 valence electrons. The second-order valence-corrected chi connectivity index (χ2v) is 16.9. The number of aliphatic hydroxyl groups excluding tert-OH is 7. The first kappa shape index (κ1) is 34.5. The Morgan fingerprint density at radius 2 is 1.67 bits per heavy atom. The van der Waals surface area contributed by atoms with Gasteiger partial charge in [-0.2, -0.15) is 0 Å². The van der Waals surface area contributed by atoms with Gasteiger partial charge in [0, 0.05) is 11.3 Å². The molecule has 0 unspecified atom stereocenters. The van der Waals surface area contributed by atoms with E-state index in [0.717, 1.165) is 31.3 Å². The standard InChI is InChI=1S/C36H56O10/c1-18-9-12-36(31(44)46-30-28(42)27(41)26(40)22(16-37)45-30)14-13-34(5)20(25(36)19(18)2)7-8-24-32(3)15-21(39)29(43)33(4,17-38)23(32)10-11-35(24,34)6/h7,19,21-30,37-43H,1,8-17H2,2-6H3/t19-,21+,22+,23+,24+,25-,26+,27-,28+,29-,30-,32-,33-,34+,35+,36-/m0/s1. The molecule has 5 fully saturated rings. The van der Waals surface area contributed by atoms with Crippen LogP contribution in [0.4, 0.5) is 0 Å². The van der Waals surface area contributed by atoms with Crippen LogP contribution in [0.5, 0.6) is 0 Å². The molecule has 16 atom stereocenters. The Balaban J connectivity index is 1.37. The summed E-state index contributed by atoms with van der Waals surface area (Å²) in [6.45, 7) is 14.6. The second kappa shape index (κ2) is 11.3. The Morgan fingerprint density at radius 3 is 2.33 bits per heavy atom. The number of rotatable bonds is 4. The number of carbonyl (C=O) groups excluding carboxylic acids is 1. The van der Waals surface area contributed by atoms with Gasteiger partial charge in [-0.15, -0.1) is 0 Å². The third-order valence-corrected chi connectivity index (χ3v) is 15.1. The minimum absolute atomic E-state index is 0.0154. The van der Waals surface area contributed by atoms with Crippen molar-refractivity contribution in [2.24, 2.45) is 50.7 Å². The zero-order chi connectivity index (χ0) is 33.8. The second-order valence-electron chi connectivity index (χ2n) is 16.9. The normalized spacial score (nSPS) is 55.3. The zero-order valence-corrected chi connectivity index (χ0v) is 28.1. The highest BCUT2D eigenvalue weighted by atomic mass is 16.7. The van der Waals surface area contributed by atoms with Crippen molar-refractivity contribution in [3.8, 4) is 0 Å². The number of hydrogen-bond acceptors (Lipinski definition) is 10. The predicted molar refractivity (Wildman–Crippen MR) is 168 cm³/mol. The summed E-state index contributed by atoms with van der Waals surface area (Å²) >= 11 is 0. The van der Waals surface area contributed by atoms with Gasteiger partial charge in [-0.05, 0) is 85.4 Å². The minimum atomic E-state index is -1.67. The third-order valence-electron chi connectivity index (χ3n) is 15.1. The fraction of sp³-hybridized carbons (Fsp3) is 0.861. The first-order chi connectivity index (χ1) is 21.5. The van der Waals surface area contributed by atoms with E-state index < -0.39 is 66.3 Å². The van der Waals surface area contributed by atoms with Crippen molar-refractivity contribution >= 4 is 5.97 Å². The van der Waals surface area contributed by atoms with Crippen LogP contribution < -0.4 is 0 Å². The van der Waals surface area contributed by atoms with E-state index in [-0.39, 0.29) is 46.5 Å². The molecule has 10 nitrogen and oxygen atoms in total. The van der Waals surface area contributed by atoms with Gasteiger partial charge in [0.25, 0.3) is 0 Å². The Hall–Kier alpha value is -1.37. The molecule has 0 aromatic heterocycles. The number of fused-ring (bicyclic) bond motifs is 7. The monoisotopic (exact) mass is 648 g/mol. The summed E-state index contributed by atoms with van der Waals surface area (Å²) in [6.07, 6.45) is -1.70. The summed E-state index contributed by atoms with van der Waals surface area (Å²) in [4.78, 5) is 14.4. The number of esters is 1. The Labute approximate surface area is 272 Å². The van der Waals surface area contributed by atoms with Crippen molar-refractivity contribution in [2.75, 3.05) is 13.2 Å². The molecule has 4 saturated carbocycles. The topological polar surface area (TPSA) is 177 Å². The summed E-state index contributed by atoms with van der Waals surface area (Å²) in [6, 6.07) is 0. The van der Waals surface area contributed by atoms with Crippen molar-refractivity contribution < 1.29 is 50.0 Å². The van der Waals surface area contributed by atoms with Gasteiger partial charge in [-0.1, -0.05) is 58.4 Å². The van der Waals surface area contributed by atoms with Gasteiger partial charge in [0.05, 0.1) is 30.8 Å². The molecule has 10 heteroatoms. The number of allylic oxidation sites excluding steroid dienone is 3. The molecule has 0 radical (unpaired) electrons. The van der Waals surface area contributed by atoms with Crippen molar-refractivity contribution in [3.05, 3.63) is 23.8 Å². The fourth-order valence-corrected chi connectivity index (χ4v) is 12.1. The number of hydrogen-bond donors (Lipinski definition) is 7. The first-order valence-electron chi connectivity index (χ1n) is 17.3. The van der Waals surface area contributed by atoms with Crippen LogP contribution in [0.1, 0.15) is 86.0 Å². The van der Waals surface area contributed by atoms with E-state index in [4.69, 9.17) is 9.47 Å². The third kappa shape index (κ3) is 4.40. The van der Waals surface area contributed by atoms with E-state index in [1.54, 1.807) is 0 Å². The Morgan fingerprint density at radius 1 is 0.978 bits per heavy atom. The summed E-state index contributed by atoms with van der Waals surface area (Å²) in [5.41, 5.74) is -0.152. The molecule has 46 heavy (non-hydrogen) atoms. The summed E-state index contributed by atoms with van der Waals surface area (Å²) in [5, 5.41) is 73.7. The van der Waals surface area contributed by atoms with Crippen LogP contribution in [0.15, 0.2) is 23.8 Å². The van der Waals surface area contributed by atoms with Crippen LogP contribution in [-0.2, 0) is 14.3 Å². The zero-order valence-electron chi connectivity index (χ0n) is 28.1. The molecule has 0 amide bonds. The molecule has 5 aliphatic carbocycles. The number of carbonyl (C=O) groups is 1. The lowest BCUT2D eigenvalue weighted by Gasteiger charge is -2.71. The van der Waals surface area contributed by atoms with E-state index >= 15 is 0 Å². The maximum absolute atomic E-state index is 14.4. The van der Waals surface area contributed by atoms with E-state index in [1.807, 2.05) is 6.92 Å². The largest absolute Gasteiger partial charge is 0.432 e. The molecule has 6 aliphatic rings. The van der Waals surface area contributed by atoms with Crippen LogP contribution in [0.25, 0.3) is 0 Å². The van der Waals surface area contributed by atoms with Crippen LogP contribution in [0, 0.1) is 50.7 Å². The molecule has 7 N–H and O–H groups in total. The molecule has 1 saturated heterocycles. The molecule has 6 rings (SSSR count). The predicted octanol–water partition coefficient (Wildman–Crippen LogP) is 2.21. The summed E-state index contributed by atoms with van der Waals surface area (Å²) in [5.74, 6) is -0.482. The van der Waals surface area contributed by atoms with Crippen LogP contribution in [-0.4, -0.2) is 97.8 Å². The first-order valence-corrected chi connectivity index (χ1v) is 17.3. The molecule has 0 aromatic carbocycles. The highest BCUT2D eigenvalue weighted by Crippen LogP contribution is 2.75. The lowest BCUT2D eigenvalue weighted by atomic mass is 9.33. The molecular weight excluding hydrogens is 592 g/mol. The van der Waals surface area contributed by atoms with Gasteiger partial charge in [0.2, 0.25) is 6.29 Å². The van der Waals surface area contributed by atoms with E-state index in [9.17, 15) is 40.5 Å². The average Bonchev–Trinajstić information content (AvgIpc) is 3.02. The Kier molecular flexibility index (Phi) is 8.50. The fourth-order valence-electron chi connectivity index (χ4n) is 12.1. The minimum Gasteiger partial charge on any atom is -0.432 e. The van der Waals surface area contributed by atoms with Gasteiger partial charge in [-0.3, -0.25) is 4.79 Å². The highest BCUT2D eigenvalue weighted by molar-refractivity contribution is 5.79. The van der Waals surface area contributed by atoms with E-state index in [1.165, 1.54) is 5.57 Å². The van der Waals surface area contributed by atoms with Gasteiger partial charge in [-0.25, -0.2) is 0 Å². The van der Waals surface area contributed by atoms with Gasteiger partial charge in [0.1, 0.15) is 24.4 Å². The van der Waals surface area contributed by atoms with Gasteiger partial charge >= 0.3 is 5.97 Å². The van der Waals surface area contributed by atoms with Crippen molar-refractivity contribution in [1.82, 2.24) is 0 Å². The molecular formula is C36H56O10.